The molecule has 0 fully saturated rings. The molecular formula is C37H37IN4O2S. The highest BCUT2D eigenvalue weighted by Crippen LogP contribution is 2.42. The molecule has 5 aromatic rings. The van der Waals surface area contributed by atoms with Crippen LogP contribution in [0.5, 0.6) is 0 Å². The first-order chi connectivity index (χ1) is 21.6. The number of carbonyl (C=O) groups excluding carboxylic acids is 1. The molecule has 0 N–H and O–H groups in total. The largest absolute Gasteiger partial charge is 1.00 e. The van der Waals surface area contributed by atoms with Crippen molar-refractivity contribution in [1.82, 2.24) is 4.98 Å². The second-order valence-electron chi connectivity index (χ2n) is 10.4. The normalized spacial score (nSPS) is 14.0. The van der Waals surface area contributed by atoms with Gasteiger partial charge < -0.3 is 38.5 Å². The molecular weight excluding hydrogens is 691 g/mol. The van der Waals surface area contributed by atoms with Crippen LogP contribution < -0.4 is 38.3 Å². The van der Waals surface area contributed by atoms with E-state index in [1.807, 2.05) is 31.2 Å². The fourth-order valence-corrected chi connectivity index (χ4v) is 6.83. The summed E-state index contributed by atoms with van der Waals surface area (Å²) in [5.74, 6) is 0.764. The Hall–Kier alpha value is -4.02. The maximum atomic E-state index is 12.5. The lowest BCUT2D eigenvalue weighted by atomic mass is 10.1. The van der Waals surface area contributed by atoms with Crippen molar-refractivity contribution < 1.29 is 38.1 Å². The highest BCUT2D eigenvalue weighted by atomic mass is 127. The average Bonchev–Trinajstić information content (AvgIpc) is 3.62. The molecule has 0 radical (unpaired) electrons. The molecule has 6 rings (SSSR count). The molecule has 2 aromatic heterocycles. The number of carbonyl (C=O) groups is 1. The van der Waals surface area contributed by atoms with Gasteiger partial charge in [-0.05, 0) is 88.4 Å². The lowest BCUT2D eigenvalue weighted by Crippen LogP contribution is -3.00. The number of hydrogen-bond donors (Lipinski definition) is 0. The minimum Gasteiger partial charge on any atom is -1.00 e. The van der Waals surface area contributed by atoms with Gasteiger partial charge in [0.05, 0.1) is 33.8 Å². The van der Waals surface area contributed by atoms with Gasteiger partial charge in [-0.15, -0.1) is 11.3 Å². The lowest BCUT2D eigenvalue weighted by Gasteiger charge is -2.23. The zero-order valence-electron chi connectivity index (χ0n) is 26.0. The van der Waals surface area contributed by atoms with E-state index in [1.54, 1.807) is 11.3 Å². The van der Waals surface area contributed by atoms with Crippen LogP contribution >= 0.6 is 11.3 Å². The van der Waals surface area contributed by atoms with E-state index in [1.165, 1.54) is 10.9 Å². The van der Waals surface area contributed by atoms with Gasteiger partial charge in [-0.3, -0.25) is 0 Å². The average molecular weight is 729 g/mol. The molecule has 230 valence electrons. The lowest BCUT2D eigenvalue weighted by molar-refractivity contribution is -0.669. The monoisotopic (exact) mass is 728 g/mol. The molecule has 6 nitrogen and oxygen atoms in total. The number of pyridine rings is 1. The molecule has 45 heavy (non-hydrogen) atoms. The van der Waals surface area contributed by atoms with E-state index in [0.29, 0.717) is 12.2 Å². The van der Waals surface area contributed by atoms with Crippen LogP contribution in [0.4, 0.5) is 11.4 Å². The van der Waals surface area contributed by atoms with E-state index in [4.69, 9.17) is 9.72 Å². The van der Waals surface area contributed by atoms with Gasteiger partial charge in [-0.1, -0.05) is 24.3 Å². The molecule has 0 atom stereocenters. The Kier molecular flexibility index (Phi) is 10.4. The van der Waals surface area contributed by atoms with Gasteiger partial charge in [0, 0.05) is 42.3 Å². The molecule has 0 saturated carbocycles. The van der Waals surface area contributed by atoms with Crippen LogP contribution in [0.25, 0.3) is 32.8 Å². The maximum absolute atomic E-state index is 12.5. The second-order valence-corrected chi connectivity index (χ2v) is 11.5. The zero-order chi connectivity index (χ0) is 30.6. The third kappa shape index (κ3) is 6.39. The number of anilines is 2. The Labute approximate surface area is 286 Å². The van der Waals surface area contributed by atoms with Gasteiger partial charge in [0.25, 0.3) is 0 Å². The summed E-state index contributed by atoms with van der Waals surface area (Å²) in [6.07, 6.45) is 8.72. The Morgan fingerprint density at radius 2 is 1.67 bits per heavy atom. The Balaban J connectivity index is 0.00000400. The van der Waals surface area contributed by atoms with E-state index < -0.39 is 0 Å². The first-order valence-corrected chi connectivity index (χ1v) is 16.1. The van der Waals surface area contributed by atoms with Crippen LogP contribution in [0.15, 0.2) is 103 Å². The van der Waals surface area contributed by atoms with Crippen LogP contribution in [-0.4, -0.2) is 30.6 Å². The third-order valence-corrected chi connectivity index (χ3v) is 9.01. The molecule has 0 amide bonds. The van der Waals surface area contributed by atoms with Crippen molar-refractivity contribution in [3.05, 3.63) is 119 Å². The van der Waals surface area contributed by atoms with Gasteiger partial charge >= 0.3 is 5.97 Å². The summed E-state index contributed by atoms with van der Waals surface area (Å²) >= 11 is 1.70. The SMILES string of the molecule is CCOC(=O)c1ccc2c(c1)N(CC)/C(=C/C=C(/C=C/c1ccc3ccccc3[n+]1CC)c1nc3ccccc3s1)N2CC.[I-]. The molecule has 0 aliphatic carbocycles. The Bertz CT molecular complexity index is 1910. The topological polar surface area (TPSA) is 49.6 Å². The molecule has 1 aliphatic rings. The molecule has 0 saturated heterocycles. The summed E-state index contributed by atoms with van der Waals surface area (Å²) in [7, 11) is 0. The number of rotatable bonds is 9. The summed E-state index contributed by atoms with van der Waals surface area (Å²) in [6, 6.07) is 27.0. The number of hydrogen-bond acceptors (Lipinski definition) is 6. The zero-order valence-corrected chi connectivity index (χ0v) is 29.0. The number of esters is 1. The van der Waals surface area contributed by atoms with E-state index >= 15 is 0 Å². The molecule has 8 heteroatoms. The molecule has 3 aromatic carbocycles. The minimum atomic E-state index is -0.298. The van der Waals surface area contributed by atoms with E-state index in [2.05, 4.69) is 114 Å². The first kappa shape index (κ1) is 32.4. The Morgan fingerprint density at radius 1 is 0.911 bits per heavy atom. The van der Waals surface area contributed by atoms with Crippen molar-refractivity contribution in [3.8, 4) is 0 Å². The second kappa shape index (κ2) is 14.4. The summed E-state index contributed by atoms with van der Waals surface area (Å²) in [5, 5.41) is 2.19. The fourth-order valence-electron chi connectivity index (χ4n) is 5.86. The maximum Gasteiger partial charge on any atom is 0.338 e. The quantitative estimate of drug-likeness (QED) is 0.0901. The van der Waals surface area contributed by atoms with E-state index in [-0.39, 0.29) is 29.9 Å². The van der Waals surface area contributed by atoms with Crippen LogP contribution in [0.3, 0.4) is 0 Å². The number of fused-ring (bicyclic) bond motifs is 3. The number of aryl methyl sites for hydroxylation is 1. The molecule has 3 heterocycles. The highest BCUT2D eigenvalue weighted by Gasteiger charge is 2.30. The first-order valence-electron chi connectivity index (χ1n) is 15.3. The standard InChI is InChI=1S/C37H37N4O2S.HI/c1-5-39-29(21-17-26-13-9-11-15-31(26)39)22-18-27(36-38-30-14-10-12-16-34(30)44-36)20-24-35-40(6-2)32-23-19-28(37(42)43-8-4)25-33(32)41(35)7-3;/h9-25H,5-8H2,1-4H3;1H/q+1;/p-1. The smallest absolute Gasteiger partial charge is 0.338 e. The number of allylic oxidation sites excluding steroid dienone is 4. The summed E-state index contributed by atoms with van der Waals surface area (Å²) < 4.78 is 8.78. The van der Waals surface area contributed by atoms with Gasteiger partial charge in [0.1, 0.15) is 17.4 Å². The number of aromatic nitrogens is 2. The van der Waals surface area contributed by atoms with Gasteiger partial charge in [-0.25, -0.2) is 9.78 Å². The van der Waals surface area contributed by atoms with Gasteiger partial charge in [-0.2, -0.15) is 4.57 Å². The van der Waals surface area contributed by atoms with Crippen molar-refractivity contribution in [2.75, 3.05) is 29.5 Å². The molecule has 0 bridgehead atoms. The molecule has 0 spiro atoms. The minimum absolute atomic E-state index is 0. The molecule has 1 aliphatic heterocycles. The van der Waals surface area contributed by atoms with Crippen LogP contribution in [0.2, 0.25) is 0 Å². The number of halogens is 1. The van der Waals surface area contributed by atoms with E-state index in [0.717, 1.165) is 63.3 Å². The van der Waals surface area contributed by atoms with Gasteiger partial charge in [0.2, 0.25) is 11.2 Å². The third-order valence-electron chi connectivity index (χ3n) is 7.93. The number of thiazole rings is 1. The van der Waals surface area contributed by atoms with Gasteiger partial charge in [0.15, 0.2) is 0 Å². The predicted molar refractivity (Wildman–Crippen MR) is 183 cm³/mol. The number of para-hydroxylation sites is 2. The van der Waals surface area contributed by atoms with E-state index in [9.17, 15) is 4.79 Å². The van der Waals surface area contributed by atoms with Crippen LogP contribution in [0.1, 0.15) is 48.8 Å². The fraction of sp³-hybridized carbons (Fsp3) is 0.216. The van der Waals surface area contributed by atoms with Crippen LogP contribution in [-0.2, 0) is 11.3 Å². The Morgan fingerprint density at radius 3 is 2.42 bits per heavy atom. The predicted octanol–water partition coefficient (Wildman–Crippen LogP) is 5.24. The summed E-state index contributed by atoms with van der Waals surface area (Å²) in [5.41, 5.74) is 7.04. The molecule has 0 unspecified atom stereocenters. The highest BCUT2D eigenvalue weighted by molar-refractivity contribution is 7.19. The number of benzene rings is 3. The van der Waals surface area contributed by atoms with Crippen molar-refractivity contribution in [2.45, 2.75) is 34.2 Å². The van der Waals surface area contributed by atoms with Crippen molar-refractivity contribution in [3.63, 3.8) is 0 Å². The summed E-state index contributed by atoms with van der Waals surface area (Å²) in [4.78, 5) is 22.1. The number of nitrogens with zero attached hydrogens (tertiary/aromatic N) is 4. The van der Waals surface area contributed by atoms with Crippen molar-refractivity contribution in [1.29, 1.82) is 0 Å². The van der Waals surface area contributed by atoms with Crippen LogP contribution in [0, 0.1) is 0 Å². The number of ether oxygens (including phenoxy) is 1. The van der Waals surface area contributed by atoms with Crippen molar-refractivity contribution in [2.24, 2.45) is 0 Å². The van der Waals surface area contributed by atoms with Crippen molar-refractivity contribution >= 4 is 61.4 Å². The summed E-state index contributed by atoms with van der Waals surface area (Å²) in [6.45, 7) is 11.1.